The van der Waals surface area contributed by atoms with Crippen LogP contribution in [-0.2, 0) is 14.8 Å². The van der Waals surface area contributed by atoms with Crippen molar-refractivity contribution in [2.24, 2.45) is 17.8 Å². The van der Waals surface area contributed by atoms with Crippen LogP contribution in [0.2, 0.25) is 0 Å². The molecule has 0 saturated heterocycles. The highest BCUT2D eigenvalue weighted by Crippen LogP contribution is 2.55. The number of hydrogen-bond acceptors (Lipinski definition) is 5. The quantitative estimate of drug-likeness (QED) is 0.730. The molecule has 0 spiro atoms. The summed E-state index contributed by atoms with van der Waals surface area (Å²) in [6.07, 6.45) is 8.03. The van der Waals surface area contributed by atoms with Crippen LogP contribution in [0.15, 0.2) is 18.2 Å². The molecule has 0 unspecified atom stereocenters. The SMILES string of the molecule is COc1ccc(N(CC(=O)NC23CC4CC(CC(C4)C2)C3)S(C)(=O)=O)c(OC)c1. The molecule has 7 nitrogen and oxygen atoms in total. The summed E-state index contributed by atoms with van der Waals surface area (Å²) in [5.41, 5.74) is 0.176. The molecule has 1 N–H and O–H groups in total. The largest absolute Gasteiger partial charge is 0.497 e. The minimum Gasteiger partial charge on any atom is -0.497 e. The number of hydrogen-bond donors (Lipinski definition) is 1. The Morgan fingerprint density at radius 3 is 2.17 bits per heavy atom. The second-order valence-electron chi connectivity index (χ2n) is 9.05. The highest BCUT2D eigenvalue weighted by Gasteiger charge is 2.51. The van der Waals surface area contributed by atoms with Crippen molar-refractivity contribution in [2.45, 2.75) is 44.1 Å². The Hall–Kier alpha value is -1.96. The molecule has 4 saturated carbocycles. The van der Waals surface area contributed by atoms with Gasteiger partial charge in [0, 0.05) is 11.6 Å². The van der Waals surface area contributed by atoms with Gasteiger partial charge in [-0.2, -0.15) is 0 Å². The summed E-state index contributed by atoms with van der Waals surface area (Å²) < 4.78 is 36.7. The van der Waals surface area contributed by atoms with Crippen LogP contribution in [0.1, 0.15) is 38.5 Å². The smallest absolute Gasteiger partial charge is 0.241 e. The summed E-state index contributed by atoms with van der Waals surface area (Å²) in [6.45, 7) is -0.261. The Morgan fingerprint density at radius 2 is 1.69 bits per heavy atom. The number of anilines is 1. The maximum absolute atomic E-state index is 13.0. The summed E-state index contributed by atoms with van der Waals surface area (Å²) in [5.74, 6) is 2.75. The number of carbonyl (C=O) groups is 1. The first-order valence-electron chi connectivity index (χ1n) is 10.2. The van der Waals surface area contributed by atoms with E-state index >= 15 is 0 Å². The molecule has 29 heavy (non-hydrogen) atoms. The number of carbonyl (C=O) groups excluding carboxylic acids is 1. The molecule has 0 atom stereocenters. The van der Waals surface area contributed by atoms with Crippen molar-refractivity contribution in [1.82, 2.24) is 5.32 Å². The van der Waals surface area contributed by atoms with Crippen molar-refractivity contribution in [1.29, 1.82) is 0 Å². The van der Waals surface area contributed by atoms with Crippen LogP contribution in [0, 0.1) is 17.8 Å². The molecule has 4 fully saturated rings. The average molecular weight is 423 g/mol. The van der Waals surface area contributed by atoms with Gasteiger partial charge in [-0.05, 0) is 68.4 Å². The van der Waals surface area contributed by atoms with Gasteiger partial charge in [-0.25, -0.2) is 8.42 Å². The molecule has 0 aliphatic heterocycles. The standard InChI is InChI=1S/C21H30N2O5S/c1-27-17-4-5-18(19(9-17)28-2)23(29(3,25)26)13-20(24)22-21-10-14-6-15(11-21)8-16(7-14)12-21/h4-5,9,14-16H,6-8,10-13H2,1-3H3,(H,22,24). The van der Waals surface area contributed by atoms with Crippen LogP contribution in [0.3, 0.4) is 0 Å². The molecule has 0 heterocycles. The zero-order valence-corrected chi connectivity index (χ0v) is 18.1. The minimum atomic E-state index is -3.68. The van der Waals surface area contributed by atoms with Crippen molar-refractivity contribution in [3.05, 3.63) is 18.2 Å². The van der Waals surface area contributed by atoms with Crippen LogP contribution < -0.4 is 19.1 Å². The van der Waals surface area contributed by atoms with Gasteiger partial charge in [0.15, 0.2) is 0 Å². The van der Waals surface area contributed by atoms with Crippen LogP contribution in [0.25, 0.3) is 0 Å². The molecular formula is C21H30N2O5S. The van der Waals surface area contributed by atoms with Gasteiger partial charge in [0.05, 0.1) is 26.2 Å². The summed E-state index contributed by atoms with van der Waals surface area (Å²) >= 11 is 0. The number of rotatable bonds is 7. The van der Waals surface area contributed by atoms with E-state index in [2.05, 4.69) is 5.32 Å². The zero-order valence-electron chi connectivity index (χ0n) is 17.3. The highest BCUT2D eigenvalue weighted by molar-refractivity contribution is 7.92. The number of nitrogens with zero attached hydrogens (tertiary/aromatic N) is 1. The molecule has 4 aliphatic carbocycles. The van der Waals surface area contributed by atoms with E-state index < -0.39 is 10.0 Å². The minimum absolute atomic E-state index is 0.154. The summed E-state index contributed by atoms with van der Waals surface area (Å²) in [4.78, 5) is 13.0. The molecule has 8 heteroatoms. The molecule has 4 bridgehead atoms. The van der Waals surface area contributed by atoms with E-state index in [9.17, 15) is 13.2 Å². The van der Waals surface area contributed by atoms with Gasteiger partial charge < -0.3 is 14.8 Å². The molecule has 5 rings (SSSR count). The number of ether oxygens (including phenoxy) is 2. The van der Waals surface area contributed by atoms with E-state index in [-0.39, 0.29) is 18.0 Å². The van der Waals surface area contributed by atoms with Crippen molar-refractivity contribution in [3.63, 3.8) is 0 Å². The molecule has 1 amide bonds. The number of benzene rings is 1. The van der Waals surface area contributed by atoms with Gasteiger partial charge in [-0.1, -0.05) is 0 Å². The topological polar surface area (TPSA) is 84.9 Å². The first-order chi connectivity index (χ1) is 13.7. The Balaban J connectivity index is 1.54. The van der Waals surface area contributed by atoms with Crippen LogP contribution in [0.5, 0.6) is 11.5 Å². The number of sulfonamides is 1. The van der Waals surface area contributed by atoms with Crippen molar-refractivity contribution < 1.29 is 22.7 Å². The average Bonchev–Trinajstić information content (AvgIpc) is 2.63. The summed E-state index contributed by atoms with van der Waals surface area (Å²) in [6, 6.07) is 4.88. The van der Waals surface area contributed by atoms with Gasteiger partial charge in [-0.3, -0.25) is 9.10 Å². The predicted octanol–water partition coefficient (Wildman–Crippen LogP) is 2.55. The van der Waals surface area contributed by atoms with Crippen molar-refractivity contribution >= 4 is 21.6 Å². The fourth-order valence-corrected chi connectivity index (χ4v) is 6.96. The van der Waals surface area contributed by atoms with E-state index in [1.807, 2.05) is 0 Å². The first-order valence-corrected chi connectivity index (χ1v) is 12.1. The monoisotopic (exact) mass is 422 g/mol. The van der Waals surface area contributed by atoms with E-state index in [1.165, 1.54) is 33.5 Å². The lowest BCUT2D eigenvalue weighted by molar-refractivity contribution is -0.125. The Morgan fingerprint density at radius 1 is 1.10 bits per heavy atom. The first kappa shape index (κ1) is 20.3. The highest BCUT2D eigenvalue weighted by atomic mass is 32.2. The number of methoxy groups -OCH3 is 2. The fraction of sp³-hybridized carbons (Fsp3) is 0.667. The summed E-state index contributed by atoms with van der Waals surface area (Å²) in [7, 11) is -0.684. The number of amides is 1. The van der Waals surface area contributed by atoms with E-state index in [0.29, 0.717) is 34.9 Å². The van der Waals surface area contributed by atoms with Gasteiger partial charge in [0.25, 0.3) is 0 Å². The Labute approximate surface area is 172 Å². The zero-order chi connectivity index (χ0) is 20.8. The molecule has 0 aromatic heterocycles. The second-order valence-corrected chi connectivity index (χ2v) is 11.0. The molecule has 1 aromatic carbocycles. The lowest BCUT2D eigenvalue weighted by Gasteiger charge is -2.57. The van der Waals surface area contributed by atoms with Crippen LogP contribution >= 0.6 is 0 Å². The van der Waals surface area contributed by atoms with Gasteiger partial charge in [0.1, 0.15) is 18.0 Å². The third kappa shape index (κ3) is 4.04. The van der Waals surface area contributed by atoms with E-state index in [1.54, 1.807) is 18.2 Å². The molecule has 160 valence electrons. The van der Waals surface area contributed by atoms with Gasteiger partial charge in [-0.15, -0.1) is 0 Å². The molecule has 1 aromatic rings. The third-order valence-corrected chi connectivity index (χ3v) is 7.91. The lowest BCUT2D eigenvalue weighted by atomic mass is 9.53. The van der Waals surface area contributed by atoms with E-state index in [0.717, 1.165) is 29.8 Å². The molecule has 0 radical (unpaired) electrons. The van der Waals surface area contributed by atoms with Gasteiger partial charge >= 0.3 is 0 Å². The third-order valence-electron chi connectivity index (χ3n) is 6.79. The maximum Gasteiger partial charge on any atom is 0.241 e. The van der Waals surface area contributed by atoms with Crippen LogP contribution in [-0.4, -0.2) is 46.9 Å². The molecule has 4 aliphatic rings. The Kier molecular flexibility index (Phi) is 5.17. The second kappa shape index (κ2) is 7.38. The van der Waals surface area contributed by atoms with Crippen molar-refractivity contribution in [2.75, 3.05) is 31.3 Å². The van der Waals surface area contributed by atoms with E-state index in [4.69, 9.17) is 9.47 Å². The Bertz CT molecular complexity index is 863. The predicted molar refractivity (Wildman–Crippen MR) is 111 cm³/mol. The summed E-state index contributed by atoms with van der Waals surface area (Å²) in [5, 5.41) is 3.25. The van der Waals surface area contributed by atoms with Gasteiger partial charge in [0.2, 0.25) is 15.9 Å². The lowest BCUT2D eigenvalue weighted by Crippen LogP contribution is -2.61. The fourth-order valence-electron chi connectivity index (χ4n) is 6.10. The molecular weight excluding hydrogens is 392 g/mol. The number of nitrogens with one attached hydrogen (secondary N) is 1. The van der Waals surface area contributed by atoms with Crippen molar-refractivity contribution in [3.8, 4) is 11.5 Å². The van der Waals surface area contributed by atoms with Crippen LogP contribution in [0.4, 0.5) is 5.69 Å². The maximum atomic E-state index is 13.0. The normalized spacial score (nSPS) is 30.1.